The van der Waals surface area contributed by atoms with Crippen molar-refractivity contribution in [3.63, 3.8) is 0 Å². The van der Waals surface area contributed by atoms with E-state index in [4.69, 9.17) is 0 Å². The maximum Gasteiger partial charge on any atom is 0.275 e. The highest BCUT2D eigenvalue weighted by atomic mass is 19.1. The van der Waals surface area contributed by atoms with Gasteiger partial charge in [0.15, 0.2) is 0 Å². The molecule has 0 amide bonds. The Balaban J connectivity index is 2.34. The zero-order chi connectivity index (χ0) is 12.7. The molecule has 90 valence electrons. The molecule has 2 aromatic heterocycles. The average Bonchev–Trinajstić information content (AvgIpc) is 2.69. The molecule has 0 atom stereocenters. The van der Waals surface area contributed by atoms with Gasteiger partial charge in [-0.2, -0.15) is 0 Å². The fourth-order valence-corrected chi connectivity index (χ4v) is 2.08. The molecule has 0 aliphatic carbocycles. The van der Waals surface area contributed by atoms with E-state index in [0.29, 0.717) is 11.0 Å². The lowest BCUT2D eigenvalue weighted by Gasteiger charge is -1.98. The lowest BCUT2D eigenvalue weighted by atomic mass is 10.1. The van der Waals surface area contributed by atoms with E-state index in [1.54, 1.807) is 23.7 Å². The van der Waals surface area contributed by atoms with Gasteiger partial charge in [-0.1, -0.05) is 12.1 Å². The first-order chi connectivity index (χ1) is 8.66. The topological polar surface area (TPSA) is 50.7 Å². The van der Waals surface area contributed by atoms with Crippen molar-refractivity contribution in [3.8, 4) is 11.1 Å². The normalized spacial score (nSPS) is 11.0. The molecule has 0 aliphatic heterocycles. The van der Waals surface area contributed by atoms with Crippen molar-refractivity contribution in [2.45, 2.75) is 0 Å². The SMILES string of the molecule is Cn1cc(-c2ccc(F)cc2)c2nc[nH]c(=O)c21. The molecule has 0 unspecified atom stereocenters. The Kier molecular flexibility index (Phi) is 2.26. The van der Waals surface area contributed by atoms with Gasteiger partial charge < -0.3 is 9.55 Å². The summed E-state index contributed by atoms with van der Waals surface area (Å²) in [5.41, 5.74) is 2.60. The van der Waals surface area contributed by atoms with Crippen LogP contribution in [-0.4, -0.2) is 14.5 Å². The fourth-order valence-electron chi connectivity index (χ4n) is 2.08. The molecule has 0 radical (unpaired) electrons. The van der Waals surface area contributed by atoms with Gasteiger partial charge in [-0.15, -0.1) is 0 Å². The summed E-state index contributed by atoms with van der Waals surface area (Å²) in [4.78, 5) is 18.5. The fraction of sp³-hybridized carbons (Fsp3) is 0.0769. The Morgan fingerprint density at radius 3 is 2.72 bits per heavy atom. The van der Waals surface area contributed by atoms with Gasteiger partial charge in [-0.25, -0.2) is 9.37 Å². The van der Waals surface area contributed by atoms with Crippen molar-refractivity contribution >= 4 is 11.0 Å². The molecule has 1 N–H and O–H groups in total. The molecule has 3 aromatic rings. The van der Waals surface area contributed by atoms with E-state index in [1.165, 1.54) is 18.5 Å². The molecule has 0 saturated heterocycles. The van der Waals surface area contributed by atoms with E-state index < -0.39 is 0 Å². The standard InChI is InChI=1S/C13H10FN3O/c1-17-6-10(8-2-4-9(14)5-3-8)11-12(17)13(18)16-7-15-11/h2-7H,1H3,(H,15,16,18). The zero-order valence-corrected chi connectivity index (χ0v) is 9.64. The Hall–Kier alpha value is -2.43. The number of hydrogen-bond donors (Lipinski definition) is 1. The third-order valence-electron chi connectivity index (χ3n) is 2.91. The number of hydrogen-bond acceptors (Lipinski definition) is 2. The number of nitrogens with one attached hydrogen (secondary N) is 1. The molecule has 4 nitrogen and oxygen atoms in total. The van der Waals surface area contributed by atoms with Crippen LogP contribution < -0.4 is 5.56 Å². The number of aromatic amines is 1. The van der Waals surface area contributed by atoms with Crippen molar-refractivity contribution in [1.29, 1.82) is 0 Å². The summed E-state index contributed by atoms with van der Waals surface area (Å²) in [6, 6.07) is 6.13. The van der Waals surface area contributed by atoms with Gasteiger partial charge in [-0.3, -0.25) is 4.79 Å². The second-order valence-electron chi connectivity index (χ2n) is 4.09. The first-order valence-electron chi connectivity index (χ1n) is 5.45. The maximum absolute atomic E-state index is 12.9. The Labute approximate surface area is 102 Å². The van der Waals surface area contributed by atoms with Crippen molar-refractivity contribution in [2.75, 3.05) is 0 Å². The van der Waals surface area contributed by atoms with Crippen molar-refractivity contribution < 1.29 is 4.39 Å². The number of aryl methyl sites for hydroxylation is 1. The van der Waals surface area contributed by atoms with Gasteiger partial charge in [0.25, 0.3) is 5.56 Å². The van der Waals surface area contributed by atoms with Crippen LogP contribution in [0, 0.1) is 5.82 Å². The Morgan fingerprint density at radius 2 is 2.00 bits per heavy atom. The summed E-state index contributed by atoms with van der Waals surface area (Å²) < 4.78 is 14.6. The monoisotopic (exact) mass is 243 g/mol. The van der Waals surface area contributed by atoms with E-state index in [9.17, 15) is 9.18 Å². The molecule has 2 heterocycles. The highest BCUT2D eigenvalue weighted by Crippen LogP contribution is 2.26. The van der Waals surface area contributed by atoms with Gasteiger partial charge >= 0.3 is 0 Å². The molecule has 18 heavy (non-hydrogen) atoms. The van der Waals surface area contributed by atoms with Crippen LogP contribution in [0.4, 0.5) is 4.39 Å². The zero-order valence-electron chi connectivity index (χ0n) is 9.64. The maximum atomic E-state index is 12.9. The average molecular weight is 243 g/mol. The molecule has 0 saturated carbocycles. The van der Waals surface area contributed by atoms with Crippen molar-refractivity contribution in [1.82, 2.24) is 14.5 Å². The summed E-state index contributed by atoms with van der Waals surface area (Å²) in [7, 11) is 1.78. The van der Waals surface area contributed by atoms with Gasteiger partial charge in [0.05, 0.1) is 6.33 Å². The number of aromatic nitrogens is 3. The Morgan fingerprint density at radius 1 is 1.28 bits per heavy atom. The molecule has 0 bridgehead atoms. The second-order valence-corrected chi connectivity index (χ2v) is 4.09. The number of halogens is 1. The first kappa shape index (κ1) is 10.7. The predicted molar refractivity (Wildman–Crippen MR) is 66.7 cm³/mol. The molecule has 0 spiro atoms. The molecular formula is C13H10FN3O. The van der Waals surface area contributed by atoms with Crippen LogP contribution in [0.15, 0.2) is 41.6 Å². The molecular weight excluding hydrogens is 233 g/mol. The van der Waals surface area contributed by atoms with E-state index in [0.717, 1.165) is 11.1 Å². The minimum Gasteiger partial charge on any atom is -0.344 e. The van der Waals surface area contributed by atoms with Crippen LogP contribution in [0.3, 0.4) is 0 Å². The van der Waals surface area contributed by atoms with Crippen LogP contribution in [0.1, 0.15) is 0 Å². The summed E-state index contributed by atoms with van der Waals surface area (Å²) in [5.74, 6) is -0.287. The van der Waals surface area contributed by atoms with E-state index >= 15 is 0 Å². The smallest absolute Gasteiger partial charge is 0.275 e. The molecule has 1 aromatic carbocycles. The lowest BCUT2D eigenvalue weighted by molar-refractivity contribution is 0.628. The number of benzene rings is 1. The summed E-state index contributed by atoms with van der Waals surface area (Å²) in [6.07, 6.45) is 3.19. The van der Waals surface area contributed by atoms with Gasteiger partial charge in [0.2, 0.25) is 0 Å². The summed E-state index contributed by atoms with van der Waals surface area (Å²) in [5, 5.41) is 0. The van der Waals surface area contributed by atoms with Crippen LogP contribution in [-0.2, 0) is 7.05 Å². The largest absolute Gasteiger partial charge is 0.344 e. The number of nitrogens with zero attached hydrogens (tertiary/aromatic N) is 2. The third-order valence-corrected chi connectivity index (χ3v) is 2.91. The van der Waals surface area contributed by atoms with E-state index in [1.807, 2.05) is 6.20 Å². The highest BCUT2D eigenvalue weighted by molar-refractivity contribution is 5.92. The highest BCUT2D eigenvalue weighted by Gasteiger charge is 2.12. The quantitative estimate of drug-likeness (QED) is 0.711. The van der Waals surface area contributed by atoms with Crippen LogP contribution in [0.2, 0.25) is 0 Å². The first-order valence-corrected chi connectivity index (χ1v) is 5.45. The van der Waals surface area contributed by atoms with Gasteiger partial charge in [-0.05, 0) is 17.7 Å². The van der Waals surface area contributed by atoms with Gasteiger partial charge in [0, 0.05) is 18.8 Å². The summed E-state index contributed by atoms with van der Waals surface area (Å²) in [6.45, 7) is 0. The predicted octanol–water partition coefficient (Wildman–Crippen LogP) is 2.07. The number of fused-ring (bicyclic) bond motifs is 1. The Bertz CT molecular complexity index is 771. The van der Waals surface area contributed by atoms with Crippen LogP contribution in [0.5, 0.6) is 0 Å². The molecule has 0 fully saturated rings. The van der Waals surface area contributed by atoms with Gasteiger partial charge in [0.1, 0.15) is 16.9 Å². The second kappa shape index (κ2) is 3.80. The van der Waals surface area contributed by atoms with Crippen LogP contribution in [0.25, 0.3) is 22.2 Å². The summed E-state index contributed by atoms with van der Waals surface area (Å²) >= 11 is 0. The minimum absolute atomic E-state index is 0.184. The van der Waals surface area contributed by atoms with E-state index in [2.05, 4.69) is 9.97 Å². The lowest BCUT2D eigenvalue weighted by Crippen LogP contribution is -2.08. The third kappa shape index (κ3) is 1.52. The molecule has 5 heteroatoms. The van der Waals surface area contributed by atoms with Crippen molar-refractivity contribution in [3.05, 3.63) is 53.0 Å². The van der Waals surface area contributed by atoms with Crippen molar-refractivity contribution in [2.24, 2.45) is 7.05 Å². The number of rotatable bonds is 1. The van der Waals surface area contributed by atoms with E-state index in [-0.39, 0.29) is 11.4 Å². The molecule has 0 aliphatic rings. The number of H-pyrrole nitrogens is 1. The molecule has 3 rings (SSSR count). The van der Waals surface area contributed by atoms with Crippen LogP contribution >= 0.6 is 0 Å². The minimum atomic E-state index is -0.287.